The summed E-state index contributed by atoms with van der Waals surface area (Å²) in [5, 5.41) is 8.99. The molecule has 1 atom stereocenters. The Hall–Kier alpha value is -1.35. The molecule has 3 nitrogen and oxygen atoms in total. The third-order valence-electron chi connectivity index (χ3n) is 3.28. The number of rotatable bonds is 5. The molecule has 2 aromatic rings. The van der Waals surface area contributed by atoms with Crippen molar-refractivity contribution < 1.29 is 5.11 Å². The van der Waals surface area contributed by atoms with Gasteiger partial charge in [0.2, 0.25) is 0 Å². The van der Waals surface area contributed by atoms with Crippen LogP contribution in [0.25, 0.3) is 11.0 Å². The summed E-state index contributed by atoms with van der Waals surface area (Å²) in [7, 11) is 0. The van der Waals surface area contributed by atoms with Crippen LogP contribution < -0.4 is 0 Å². The average molecular weight is 232 g/mol. The smallest absolute Gasteiger partial charge is 0.112 e. The molecule has 0 radical (unpaired) electrons. The zero-order valence-electron chi connectivity index (χ0n) is 10.6. The fourth-order valence-electron chi connectivity index (χ4n) is 2.12. The number of nitrogens with zero attached hydrogens (tertiary/aromatic N) is 2. The van der Waals surface area contributed by atoms with Gasteiger partial charge in [0.1, 0.15) is 5.82 Å². The molecule has 0 aliphatic carbocycles. The fraction of sp³-hybridized carbons (Fsp3) is 0.500. The van der Waals surface area contributed by atoms with Crippen LogP contribution >= 0.6 is 0 Å². The Bertz CT molecular complexity index is 490. The number of aromatic nitrogens is 2. The lowest BCUT2D eigenvalue weighted by Crippen LogP contribution is -2.08. The molecule has 2 rings (SSSR count). The third-order valence-corrected chi connectivity index (χ3v) is 3.28. The first kappa shape index (κ1) is 12.1. The van der Waals surface area contributed by atoms with Gasteiger partial charge in [0.15, 0.2) is 0 Å². The Labute approximate surface area is 102 Å². The SMILES string of the molecule is CCC(C)c1nc2ccccc2n1CCCO. The van der Waals surface area contributed by atoms with Crippen LogP contribution in [0.4, 0.5) is 0 Å². The Morgan fingerprint density at radius 1 is 1.35 bits per heavy atom. The van der Waals surface area contributed by atoms with Crippen molar-refractivity contribution in [2.45, 2.75) is 39.2 Å². The van der Waals surface area contributed by atoms with Crippen molar-refractivity contribution in [1.29, 1.82) is 0 Å². The first-order chi connectivity index (χ1) is 8.27. The molecule has 0 fully saturated rings. The highest BCUT2D eigenvalue weighted by Gasteiger charge is 2.14. The van der Waals surface area contributed by atoms with Crippen molar-refractivity contribution in [3.8, 4) is 0 Å². The average Bonchev–Trinajstić information content (AvgIpc) is 2.74. The normalized spacial score (nSPS) is 13.1. The van der Waals surface area contributed by atoms with Gasteiger partial charge in [-0.15, -0.1) is 0 Å². The van der Waals surface area contributed by atoms with E-state index in [1.807, 2.05) is 12.1 Å². The minimum Gasteiger partial charge on any atom is -0.396 e. The lowest BCUT2D eigenvalue weighted by atomic mass is 10.1. The van der Waals surface area contributed by atoms with Gasteiger partial charge in [0, 0.05) is 19.1 Å². The van der Waals surface area contributed by atoms with Gasteiger partial charge in [-0.1, -0.05) is 26.0 Å². The molecule has 0 aliphatic heterocycles. The second-order valence-electron chi connectivity index (χ2n) is 4.50. The van der Waals surface area contributed by atoms with Crippen molar-refractivity contribution in [3.05, 3.63) is 30.1 Å². The standard InChI is InChI=1S/C14H20N2O/c1-3-11(2)14-15-12-7-4-5-8-13(12)16(14)9-6-10-17/h4-5,7-8,11,17H,3,6,9-10H2,1-2H3. The molecule has 1 aromatic carbocycles. The molecule has 0 saturated carbocycles. The van der Waals surface area contributed by atoms with Gasteiger partial charge in [0.05, 0.1) is 11.0 Å². The van der Waals surface area contributed by atoms with Gasteiger partial charge in [-0.25, -0.2) is 4.98 Å². The fourth-order valence-corrected chi connectivity index (χ4v) is 2.12. The van der Waals surface area contributed by atoms with Gasteiger partial charge in [-0.2, -0.15) is 0 Å². The zero-order valence-corrected chi connectivity index (χ0v) is 10.6. The number of aryl methyl sites for hydroxylation is 1. The summed E-state index contributed by atoms with van der Waals surface area (Å²) >= 11 is 0. The molecular formula is C14H20N2O. The van der Waals surface area contributed by atoms with E-state index in [4.69, 9.17) is 10.1 Å². The van der Waals surface area contributed by atoms with Gasteiger partial charge in [-0.3, -0.25) is 0 Å². The molecule has 92 valence electrons. The van der Waals surface area contributed by atoms with Crippen molar-refractivity contribution in [1.82, 2.24) is 9.55 Å². The maximum Gasteiger partial charge on any atom is 0.112 e. The molecule has 1 unspecified atom stereocenters. The Balaban J connectivity index is 2.48. The minimum atomic E-state index is 0.229. The van der Waals surface area contributed by atoms with E-state index in [0.29, 0.717) is 5.92 Å². The van der Waals surface area contributed by atoms with E-state index in [9.17, 15) is 0 Å². The summed E-state index contributed by atoms with van der Waals surface area (Å²) in [4.78, 5) is 4.72. The monoisotopic (exact) mass is 232 g/mol. The predicted octanol–water partition coefficient (Wildman–Crippen LogP) is 2.93. The number of aliphatic hydroxyl groups excluding tert-OH is 1. The van der Waals surface area contributed by atoms with Crippen LogP contribution in [0.2, 0.25) is 0 Å². The predicted molar refractivity (Wildman–Crippen MR) is 70.1 cm³/mol. The first-order valence-corrected chi connectivity index (χ1v) is 6.34. The molecule has 1 aromatic heterocycles. The molecule has 1 heterocycles. The maximum atomic E-state index is 8.99. The van der Waals surface area contributed by atoms with Crippen LogP contribution in [0.3, 0.4) is 0 Å². The van der Waals surface area contributed by atoms with Gasteiger partial charge < -0.3 is 9.67 Å². The molecule has 1 N–H and O–H groups in total. The molecule has 0 spiro atoms. The summed E-state index contributed by atoms with van der Waals surface area (Å²) in [6.45, 7) is 5.46. The van der Waals surface area contributed by atoms with E-state index in [-0.39, 0.29) is 6.61 Å². The van der Waals surface area contributed by atoms with Gasteiger partial charge in [0.25, 0.3) is 0 Å². The number of aliphatic hydroxyl groups is 1. The largest absolute Gasteiger partial charge is 0.396 e. The first-order valence-electron chi connectivity index (χ1n) is 6.34. The number of hydrogen-bond donors (Lipinski definition) is 1. The van der Waals surface area contributed by atoms with Crippen LogP contribution in [0.15, 0.2) is 24.3 Å². The van der Waals surface area contributed by atoms with Crippen LogP contribution in [-0.4, -0.2) is 21.3 Å². The second-order valence-corrected chi connectivity index (χ2v) is 4.50. The number of hydrogen-bond acceptors (Lipinski definition) is 2. The Kier molecular flexibility index (Phi) is 3.79. The Morgan fingerprint density at radius 3 is 2.82 bits per heavy atom. The number of imidazole rings is 1. The molecule has 0 aliphatic rings. The second kappa shape index (κ2) is 5.32. The summed E-state index contributed by atoms with van der Waals surface area (Å²) in [5.74, 6) is 1.60. The van der Waals surface area contributed by atoms with Crippen molar-refractivity contribution in [2.24, 2.45) is 0 Å². The molecule has 3 heteroatoms. The quantitative estimate of drug-likeness (QED) is 0.860. The van der Waals surface area contributed by atoms with Crippen LogP contribution in [0.5, 0.6) is 0 Å². The van der Waals surface area contributed by atoms with E-state index < -0.39 is 0 Å². The third kappa shape index (κ3) is 2.34. The topological polar surface area (TPSA) is 38.0 Å². The van der Waals surface area contributed by atoms with Crippen LogP contribution in [-0.2, 0) is 6.54 Å². The van der Waals surface area contributed by atoms with Crippen molar-refractivity contribution in [3.63, 3.8) is 0 Å². The van der Waals surface area contributed by atoms with E-state index in [2.05, 4.69) is 30.5 Å². The van der Waals surface area contributed by atoms with E-state index in [1.165, 1.54) is 5.52 Å². The number of benzene rings is 1. The number of fused-ring (bicyclic) bond motifs is 1. The summed E-state index contributed by atoms with van der Waals surface area (Å²) in [6, 6.07) is 8.22. The molecule has 17 heavy (non-hydrogen) atoms. The highest BCUT2D eigenvalue weighted by atomic mass is 16.3. The summed E-state index contributed by atoms with van der Waals surface area (Å²) in [6.07, 6.45) is 1.87. The van der Waals surface area contributed by atoms with Crippen LogP contribution in [0, 0.1) is 0 Å². The van der Waals surface area contributed by atoms with Gasteiger partial charge >= 0.3 is 0 Å². The molecule has 0 bridgehead atoms. The van der Waals surface area contributed by atoms with E-state index >= 15 is 0 Å². The summed E-state index contributed by atoms with van der Waals surface area (Å²) in [5.41, 5.74) is 2.23. The van der Waals surface area contributed by atoms with Gasteiger partial charge in [-0.05, 0) is 25.0 Å². The molecule has 0 saturated heterocycles. The Morgan fingerprint density at radius 2 is 2.12 bits per heavy atom. The lowest BCUT2D eigenvalue weighted by molar-refractivity contribution is 0.279. The number of para-hydroxylation sites is 2. The van der Waals surface area contributed by atoms with Crippen molar-refractivity contribution in [2.75, 3.05) is 6.61 Å². The highest BCUT2D eigenvalue weighted by molar-refractivity contribution is 5.76. The molecule has 0 amide bonds. The van der Waals surface area contributed by atoms with E-state index in [1.54, 1.807) is 0 Å². The van der Waals surface area contributed by atoms with Crippen LogP contribution in [0.1, 0.15) is 38.4 Å². The van der Waals surface area contributed by atoms with E-state index in [0.717, 1.165) is 30.7 Å². The zero-order chi connectivity index (χ0) is 12.3. The molecular weight excluding hydrogens is 212 g/mol. The highest BCUT2D eigenvalue weighted by Crippen LogP contribution is 2.24. The maximum absolute atomic E-state index is 8.99. The lowest BCUT2D eigenvalue weighted by Gasteiger charge is -2.12. The summed E-state index contributed by atoms with van der Waals surface area (Å²) < 4.78 is 2.25. The van der Waals surface area contributed by atoms with Crippen molar-refractivity contribution >= 4 is 11.0 Å². The minimum absolute atomic E-state index is 0.229.